The van der Waals surface area contributed by atoms with Gasteiger partial charge in [0.2, 0.25) is 5.91 Å². The second-order valence-corrected chi connectivity index (χ2v) is 11.5. The van der Waals surface area contributed by atoms with Crippen LogP contribution in [0.1, 0.15) is 29.1 Å². The van der Waals surface area contributed by atoms with Gasteiger partial charge in [0.25, 0.3) is 5.56 Å². The van der Waals surface area contributed by atoms with E-state index in [9.17, 15) is 14.4 Å². The third kappa shape index (κ3) is 5.85. The van der Waals surface area contributed by atoms with Crippen molar-refractivity contribution in [3.63, 3.8) is 0 Å². The fourth-order valence-corrected chi connectivity index (χ4v) is 6.19. The lowest BCUT2D eigenvalue weighted by atomic mass is 10.0. The first-order valence-electron chi connectivity index (χ1n) is 12.7. The quantitative estimate of drug-likeness (QED) is 0.127. The van der Waals surface area contributed by atoms with Crippen LogP contribution >= 0.6 is 23.1 Å². The van der Waals surface area contributed by atoms with Crippen molar-refractivity contribution in [2.75, 3.05) is 11.1 Å². The van der Waals surface area contributed by atoms with Gasteiger partial charge in [-0.2, -0.15) is 0 Å². The average Bonchev–Trinajstić information content (AvgIpc) is 3.29. The number of fused-ring (bicyclic) bond motifs is 1. The van der Waals surface area contributed by atoms with Crippen molar-refractivity contribution in [1.29, 1.82) is 0 Å². The molecule has 0 fully saturated rings. The Morgan fingerprint density at radius 1 is 0.975 bits per heavy atom. The fraction of sp³-hybridized carbons (Fsp3) is 0.161. The van der Waals surface area contributed by atoms with Crippen LogP contribution in [0.15, 0.2) is 94.9 Å². The van der Waals surface area contributed by atoms with Gasteiger partial charge in [-0.1, -0.05) is 60.3 Å². The first kappa shape index (κ1) is 27.4. The predicted octanol–water partition coefficient (Wildman–Crippen LogP) is 6.72. The number of nitrogens with one attached hydrogen (secondary N) is 1. The Morgan fingerprint density at radius 3 is 2.27 bits per heavy atom. The van der Waals surface area contributed by atoms with Crippen molar-refractivity contribution in [3.05, 3.63) is 106 Å². The molecule has 202 valence electrons. The minimum atomic E-state index is -0.414. The van der Waals surface area contributed by atoms with E-state index in [0.717, 1.165) is 16.0 Å². The van der Waals surface area contributed by atoms with Crippen molar-refractivity contribution >= 4 is 50.9 Å². The maximum absolute atomic E-state index is 14.0. The summed E-state index contributed by atoms with van der Waals surface area (Å²) < 4.78 is 6.78. The van der Waals surface area contributed by atoms with Crippen LogP contribution in [-0.4, -0.2) is 33.3 Å². The molecule has 0 radical (unpaired) electrons. The van der Waals surface area contributed by atoms with Crippen LogP contribution in [0.5, 0.6) is 0 Å². The summed E-state index contributed by atoms with van der Waals surface area (Å²) in [5.41, 5.74) is 3.32. The van der Waals surface area contributed by atoms with Gasteiger partial charge in [-0.15, -0.1) is 11.3 Å². The molecular weight excluding hydrogens is 542 g/mol. The van der Waals surface area contributed by atoms with E-state index in [1.807, 2.05) is 67.6 Å². The first-order chi connectivity index (χ1) is 19.3. The molecule has 40 heavy (non-hydrogen) atoms. The van der Waals surface area contributed by atoms with Crippen molar-refractivity contribution in [1.82, 2.24) is 9.55 Å². The number of para-hydroxylation sites is 1. The second kappa shape index (κ2) is 11.9. The molecule has 2 aromatic heterocycles. The van der Waals surface area contributed by atoms with E-state index < -0.39 is 5.97 Å². The number of hydrogen-bond donors (Lipinski definition) is 1. The third-order valence-corrected chi connectivity index (χ3v) is 7.97. The van der Waals surface area contributed by atoms with E-state index in [0.29, 0.717) is 32.3 Å². The molecule has 0 saturated carbocycles. The van der Waals surface area contributed by atoms with Gasteiger partial charge in [-0.3, -0.25) is 14.2 Å². The van der Waals surface area contributed by atoms with E-state index in [4.69, 9.17) is 9.72 Å². The molecule has 0 bridgehead atoms. The summed E-state index contributed by atoms with van der Waals surface area (Å²) in [6.07, 6.45) is -0.215. The molecule has 1 N–H and O–H groups in total. The van der Waals surface area contributed by atoms with Crippen LogP contribution in [0.4, 0.5) is 5.69 Å². The van der Waals surface area contributed by atoms with Crippen LogP contribution in [0.25, 0.3) is 27.0 Å². The molecule has 0 unspecified atom stereocenters. The van der Waals surface area contributed by atoms with Crippen LogP contribution < -0.4 is 10.9 Å². The maximum Gasteiger partial charge on any atom is 0.338 e. The summed E-state index contributed by atoms with van der Waals surface area (Å²) in [5.74, 6) is -0.635. The molecule has 0 saturated heterocycles. The SMILES string of the molecule is Cc1sc2nc(SCC(=O)Nc3ccc(C(=O)OC(C)C)cc3)n(-c3ccccc3)c(=O)c2c1-c1ccccc1. The van der Waals surface area contributed by atoms with Gasteiger partial charge in [0.05, 0.1) is 28.5 Å². The zero-order valence-corrected chi connectivity index (χ0v) is 23.8. The number of carbonyl (C=O) groups excluding carboxylic acids is 2. The summed E-state index contributed by atoms with van der Waals surface area (Å²) in [5, 5.41) is 3.85. The highest BCUT2D eigenvalue weighted by Gasteiger charge is 2.21. The largest absolute Gasteiger partial charge is 0.459 e. The number of amides is 1. The lowest BCUT2D eigenvalue weighted by Crippen LogP contribution is -2.22. The number of thiophene rings is 1. The summed E-state index contributed by atoms with van der Waals surface area (Å²) in [6.45, 7) is 5.57. The number of carbonyl (C=O) groups is 2. The molecule has 1 amide bonds. The monoisotopic (exact) mass is 569 g/mol. The molecular formula is C31H27N3O4S2. The van der Waals surface area contributed by atoms with E-state index in [-0.39, 0.29) is 23.3 Å². The molecule has 0 aliphatic heterocycles. The number of nitrogens with zero attached hydrogens (tertiary/aromatic N) is 2. The summed E-state index contributed by atoms with van der Waals surface area (Å²) >= 11 is 2.67. The number of rotatable bonds is 8. The Morgan fingerprint density at radius 2 is 1.62 bits per heavy atom. The van der Waals surface area contributed by atoms with Crippen molar-refractivity contribution in [2.45, 2.75) is 32.0 Å². The summed E-state index contributed by atoms with van der Waals surface area (Å²) in [6, 6.07) is 25.7. The van der Waals surface area contributed by atoms with Crippen LogP contribution in [0, 0.1) is 6.92 Å². The maximum atomic E-state index is 14.0. The smallest absolute Gasteiger partial charge is 0.338 e. The summed E-state index contributed by atoms with van der Waals surface area (Å²) in [7, 11) is 0. The Balaban J connectivity index is 1.43. The molecule has 0 atom stereocenters. The Hall–Kier alpha value is -4.21. The van der Waals surface area contributed by atoms with Gasteiger partial charge >= 0.3 is 5.97 Å². The molecule has 3 aromatic carbocycles. The normalized spacial score (nSPS) is 11.1. The van der Waals surface area contributed by atoms with Gasteiger partial charge in [-0.05, 0) is 62.7 Å². The van der Waals surface area contributed by atoms with E-state index >= 15 is 0 Å². The topological polar surface area (TPSA) is 90.3 Å². The molecule has 0 aliphatic rings. The standard InChI is InChI=1S/C31H27N3O4S2/c1-19(2)38-30(37)22-14-16-23(17-15-22)32-25(35)18-39-31-33-28-27(29(36)34(31)24-12-8-5-9-13-24)26(20(3)40-28)21-10-6-4-7-11-21/h4-17,19H,18H2,1-3H3,(H,32,35). The third-order valence-electron chi connectivity index (χ3n) is 6.03. The number of esters is 1. The number of hydrogen-bond acceptors (Lipinski definition) is 7. The Bertz CT molecular complexity index is 1730. The summed E-state index contributed by atoms with van der Waals surface area (Å²) in [4.78, 5) is 45.5. The van der Waals surface area contributed by atoms with Gasteiger partial charge in [0.15, 0.2) is 5.16 Å². The minimum Gasteiger partial charge on any atom is -0.459 e. The zero-order chi connectivity index (χ0) is 28.2. The van der Waals surface area contributed by atoms with Crippen molar-refractivity contribution in [2.24, 2.45) is 0 Å². The Labute approximate surface area is 239 Å². The predicted molar refractivity (Wildman–Crippen MR) is 162 cm³/mol. The molecule has 2 heterocycles. The zero-order valence-electron chi connectivity index (χ0n) is 22.2. The number of aromatic nitrogens is 2. The molecule has 0 spiro atoms. The van der Waals surface area contributed by atoms with Crippen molar-refractivity contribution in [3.8, 4) is 16.8 Å². The molecule has 7 nitrogen and oxygen atoms in total. The van der Waals surface area contributed by atoms with E-state index in [2.05, 4.69) is 5.32 Å². The molecule has 9 heteroatoms. The highest BCUT2D eigenvalue weighted by molar-refractivity contribution is 7.99. The molecule has 0 aliphatic carbocycles. The van der Waals surface area contributed by atoms with Gasteiger partial charge in [0, 0.05) is 16.1 Å². The highest BCUT2D eigenvalue weighted by Crippen LogP contribution is 2.37. The highest BCUT2D eigenvalue weighted by atomic mass is 32.2. The number of aryl methyl sites for hydroxylation is 1. The van der Waals surface area contributed by atoms with Gasteiger partial charge < -0.3 is 10.1 Å². The van der Waals surface area contributed by atoms with Gasteiger partial charge in [0.1, 0.15) is 4.83 Å². The van der Waals surface area contributed by atoms with Crippen LogP contribution in [-0.2, 0) is 9.53 Å². The minimum absolute atomic E-state index is 0.0395. The second-order valence-electron chi connectivity index (χ2n) is 9.32. The number of ether oxygens (including phenoxy) is 1. The number of thioether (sulfide) groups is 1. The lowest BCUT2D eigenvalue weighted by molar-refractivity contribution is -0.113. The Kier molecular flexibility index (Phi) is 8.14. The lowest BCUT2D eigenvalue weighted by Gasteiger charge is -2.13. The van der Waals surface area contributed by atoms with Crippen molar-refractivity contribution < 1.29 is 14.3 Å². The van der Waals surface area contributed by atoms with Gasteiger partial charge in [-0.25, -0.2) is 9.78 Å². The number of benzene rings is 3. The number of anilines is 1. The fourth-order valence-electron chi connectivity index (χ4n) is 4.30. The van der Waals surface area contributed by atoms with Crippen LogP contribution in [0.2, 0.25) is 0 Å². The molecule has 5 aromatic rings. The average molecular weight is 570 g/mol. The van der Waals surface area contributed by atoms with E-state index in [1.165, 1.54) is 23.1 Å². The first-order valence-corrected chi connectivity index (χ1v) is 14.5. The molecule has 5 rings (SSSR count). The van der Waals surface area contributed by atoms with E-state index in [1.54, 1.807) is 42.7 Å². The van der Waals surface area contributed by atoms with Crippen LogP contribution in [0.3, 0.4) is 0 Å².